The minimum Gasteiger partial charge on any atom is -0.292 e. The monoisotopic (exact) mass is 485 g/mol. The molecule has 0 fully saturated rings. The highest BCUT2D eigenvalue weighted by molar-refractivity contribution is 6.14. The SMILES string of the molecule is c1ccc(-c2cc(Cc3ccc4c5ccccc5n5c6ccccc6nc5c4c3)c3ccccc3c2)nc1. The van der Waals surface area contributed by atoms with Crippen molar-refractivity contribution in [3.05, 3.63) is 139 Å². The summed E-state index contributed by atoms with van der Waals surface area (Å²) in [5, 5.41) is 6.18. The van der Waals surface area contributed by atoms with E-state index in [9.17, 15) is 0 Å². The lowest BCUT2D eigenvalue weighted by molar-refractivity contribution is 1.22. The summed E-state index contributed by atoms with van der Waals surface area (Å²) in [5.74, 6) is 0. The van der Waals surface area contributed by atoms with E-state index < -0.39 is 0 Å². The molecular weight excluding hydrogens is 462 g/mol. The van der Waals surface area contributed by atoms with Gasteiger partial charge in [0.25, 0.3) is 0 Å². The molecule has 3 nitrogen and oxygen atoms in total. The van der Waals surface area contributed by atoms with Crippen molar-refractivity contribution in [2.75, 3.05) is 0 Å². The standard InChI is InChI=1S/C35H23N3/c1-2-10-27-24(9-1)21-26(31-12-7-8-18-36-31)22-25(27)19-23-16-17-28-29-11-3-5-14-33(29)38-34-15-6-4-13-32(34)37-35(38)30(28)20-23/h1-18,20-22H,19H2. The molecule has 3 heteroatoms. The van der Waals surface area contributed by atoms with Crippen molar-refractivity contribution in [3.8, 4) is 11.3 Å². The van der Waals surface area contributed by atoms with Gasteiger partial charge in [-0.2, -0.15) is 0 Å². The van der Waals surface area contributed by atoms with E-state index in [2.05, 4.69) is 119 Å². The highest BCUT2D eigenvalue weighted by Gasteiger charge is 2.14. The molecule has 0 radical (unpaired) electrons. The fourth-order valence-corrected chi connectivity index (χ4v) is 5.91. The zero-order valence-electron chi connectivity index (χ0n) is 20.7. The predicted octanol–water partition coefficient (Wildman–Crippen LogP) is 8.60. The van der Waals surface area contributed by atoms with Gasteiger partial charge in [0.05, 0.1) is 22.2 Å². The molecule has 0 bridgehead atoms. The molecule has 0 unspecified atom stereocenters. The third kappa shape index (κ3) is 3.22. The smallest absolute Gasteiger partial charge is 0.146 e. The normalized spacial score (nSPS) is 11.8. The van der Waals surface area contributed by atoms with Crippen molar-refractivity contribution in [2.24, 2.45) is 0 Å². The van der Waals surface area contributed by atoms with Crippen molar-refractivity contribution in [1.29, 1.82) is 0 Å². The zero-order chi connectivity index (χ0) is 25.1. The topological polar surface area (TPSA) is 30.2 Å². The van der Waals surface area contributed by atoms with Crippen LogP contribution in [0.4, 0.5) is 0 Å². The molecule has 8 aromatic rings. The van der Waals surface area contributed by atoms with Crippen LogP contribution in [0.1, 0.15) is 11.1 Å². The Balaban J connectivity index is 1.36. The summed E-state index contributed by atoms with van der Waals surface area (Å²) in [5.41, 5.74) is 9.06. The van der Waals surface area contributed by atoms with Crippen molar-refractivity contribution >= 4 is 49.1 Å². The maximum atomic E-state index is 5.10. The third-order valence-electron chi connectivity index (χ3n) is 7.62. The Morgan fingerprint density at radius 2 is 1.37 bits per heavy atom. The number of aromatic nitrogens is 3. The summed E-state index contributed by atoms with van der Waals surface area (Å²) >= 11 is 0. The maximum Gasteiger partial charge on any atom is 0.146 e. The first kappa shape index (κ1) is 21.1. The molecule has 0 atom stereocenters. The van der Waals surface area contributed by atoms with Crippen LogP contribution in [-0.2, 0) is 6.42 Å². The molecule has 0 spiro atoms. The predicted molar refractivity (Wildman–Crippen MR) is 158 cm³/mol. The summed E-state index contributed by atoms with van der Waals surface area (Å²) in [6, 6.07) is 43.2. The van der Waals surface area contributed by atoms with E-state index in [1.54, 1.807) is 0 Å². The third-order valence-corrected chi connectivity index (χ3v) is 7.62. The Morgan fingerprint density at radius 1 is 0.579 bits per heavy atom. The van der Waals surface area contributed by atoms with Gasteiger partial charge in [0.15, 0.2) is 0 Å². The van der Waals surface area contributed by atoms with Crippen LogP contribution in [-0.4, -0.2) is 14.4 Å². The van der Waals surface area contributed by atoms with Crippen molar-refractivity contribution in [2.45, 2.75) is 6.42 Å². The van der Waals surface area contributed by atoms with Gasteiger partial charge in [-0.1, -0.05) is 72.8 Å². The lowest BCUT2D eigenvalue weighted by atomic mass is 9.93. The highest BCUT2D eigenvalue weighted by Crippen LogP contribution is 2.34. The molecule has 0 aliphatic carbocycles. The first-order chi connectivity index (χ1) is 18.8. The van der Waals surface area contributed by atoms with E-state index in [0.29, 0.717) is 0 Å². The van der Waals surface area contributed by atoms with Crippen molar-refractivity contribution < 1.29 is 0 Å². The average Bonchev–Trinajstić information content (AvgIpc) is 3.38. The molecule has 0 saturated carbocycles. The van der Waals surface area contributed by atoms with Gasteiger partial charge in [0.2, 0.25) is 0 Å². The number of hydrogen-bond donors (Lipinski definition) is 0. The number of rotatable bonds is 3. The van der Waals surface area contributed by atoms with Crippen molar-refractivity contribution in [1.82, 2.24) is 14.4 Å². The summed E-state index contributed by atoms with van der Waals surface area (Å²) < 4.78 is 2.31. The fraction of sp³-hybridized carbons (Fsp3) is 0.0286. The van der Waals surface area contributed by atoms with E-state index in [-0.39, 0.29) is 0 Å². The molecule has 0 amide bonds. The quantitative estimate of drug-likeness (QED) is 0.235. The Morgan fingerprint density at radius 3 is 2.26 bits per heavy atom. The van der Waals surface area contributed by atoms with Gasteiger partial charge in [-0.3, -0.25) is 9.38 Å². The van der Waals surface area contributed by atoms with E-state index in [1.165, 1.54) is 43.6 Å². The Bertz CT molecular complexity index is 2160. The molecular formula is C35H23N3. The van der Waals surface area contributed by atoms with Gasteiger partial charge in [-0.25, -0.2) is 4.98 Å². The molecule has 3 heterocycles. The Labute approximate surface area is 219 Å². The molecule has 5 aromatic carbocycles. The second kappa shape index (κ2) is 8.25. The first-order valence-corrected chi connectivity index (χ1v) is 13.0. The Kier molecular flexibility index (Phi) is 4.58. The minimum absolute atomic E-state index is 0.830. The average molecular weight is 486 g/mol. The highest BCUT2D eigenvalue weighted by atomic mass is 15.0. The number of imidazole rings is 1. The number of benzene rings is 5. The molecule has 0 N–H and O–H groups in total. The lowest BCUT2D eigenvalue weighted by Gasteiger charge is -2.13. The molecule has 178 valence electrons. The summed E-state index contributed by atoms with van der Waals surface area (Å²) in [6.07, 6.45) is 2.69. The van der Waals surface area contributed by atoms with Crippen LogP contribution < -0.4 is 0 Å². The molecule has 38 heavy (non-hydrogen) atoms. The molecule has 3 aromatic heterocycles. The van der Waals surface area contributed by atoms with Gasteiger partial charge in [-0.15, -0.1) is 0 Å². The second-order valence-corrected chi connectivity index (χ2v) is 9.90. The largest absolute Gasteiger partial charge is 0.292 e. The van der Waals surface area contributed by atoms with Crippen LogP contribution in [0.2, 0.25) is 0 Å². The number of nitrogens with zero attached hydrogens (tertiary/aromatic N) is 3. The first-order valence-electron chi connectivity index (χ1n) is 13.0. The van der Waals surface area contributed by atoms with E-state index in [0.717, 1.165) is 34.4 Å². The number of fused-ring (bicyclic) bond motifs is 9. The van der Waals surface area contributed by atoms with Gasteiger partial charge in [0, 0.05) is 22.5 Å². The molecule has 8 rings (SSSR count). The van der Waals surface area contributed by atoms with Crippen LogP contribution in [0.15, 0.2) is 128 Å². The van der Waals surface area contributed by atoms with Crippen molar-refractivity contribution in [3.63, 3.8) is 0 Å². The molecule has 0 saturated heterocycles. The minimum atomic E-state index is 0.830. The van der Waals surface area contributed by atoms with Crippen LogP contribution in [0.5, 0.6) is 0 Å². The van der Waals surface area contributed by atoms with Crippen LogP contribution in [0.25, 0.3) is 60.4 Å². The molecule has 0 aliphatic heterocycles. The second-order valence-electron chi connectivity index (χ2n) is 9.90. The number of pyridine rings is 2. The van der Waals surface area contributed by atoms with Gasteiger partial charge < -0.3 is 0 Å². The van der Waals surface area contributed by atoms with Crippen LogP contribution in [0.3, 0.4) is 0 Å². The number of para-hydroxylation sites is 3. The van der Waals surface area contributed by atoms with Crippen LogP contribution >= 0.6 is 0 Å². The summed E-state index contributed by atoms with van der Waals surface area (Å²) in [7, 11) is 0. The van der Waals surface area contributed by atoms with Gasteiger partial charge >= 0.3 is 0 Å². The van der Waals surface area contributed by atoms with Gasteiger partial charge in [-0.05, 0) is 82.2 Å². The summed E-state index contributed by atoms with van der Waals surface area (Å²) in [6.45, 7) is 0. The van der Waals surface area contributed by atoms with Crippen LogP contribution in [0, 0.1) is 0 Å². The lowest BCUT2D eigenvalue weighted by Crippen LogP contribution is -1.95. The van der Waals surface area contributed by atoms with E-state index in [1.807, 2.05) is 18.3 Å². The summed E-state index contributed by atoms with van der Waals surface area (Å²) in [4.78, 5) is 9.72. The fourth-order valence-electron chi connectivity index (χ4n) is 5.91. The van der Waals surface area contributed by atoms with E-state index in [4.69, 9.17) is 4.98 Å². The van der Waals surface area contributed by atoms with Gasteiger partial charge in [0.1, 0.15) is 5.65 Å². The zero-order valence-corrected chi connectivity index (χ0v) is 20.7. The van der Waals surface area contributed by atoms with E-state index >= 15 is 0 Å². The Hall–Kier alpha value is -5.02. The molecule has 0 aliphatic rings. The maximum absolute atomic E-state index is 5.10. The number of hydrogen-bond acceptors (Lipinski definition) is 2.